The summed E-state index contributed by atoms with van der Waals surface area (Å²) < 4.78 is 0. The first kappa shape index (κ1) is 12.7. The Labute approximate surface area is 95.7 Å². The molecule has 3 heteroatoms. The Morgan fingerprint density at radius 2 is 1.75 bits per heavy atom. The van der Waals surface area contributed by atoms with Gasteiger partial charge in [-0.15, -0.1) is 0 Å². The predicted molar refractivity (Wildman–Crippen MR) is 62.3 cm³/mol. The van der Waals surface area contributed by atoms with E-state index in [2.05, 4.69) is 0 Å². The van der Waals surface area contributed by atoms with Crippen LogP contribution in [0, 0.1) is 5.92 Å². The SMILES string of the molecule is CC(C)C(C)(O)C(C(=O)O)c1ccccc1. The second kappa shape index (κ2) is 4.66. The van der Waals surface area contributed by atoms with Gasteiger partial charge in [0.2, 0.25) is 0 Å². The fourth-order valence-corrected chi connectivity index (χ4v) is 1.71. The zero-order valence-corrected chi connectivity index (χ0v) is 9.84. The minimum absolute atomic E-state index is 0.131. The molecule has 0 radical (unpaired) electrons. The lowest BCUT2D eigenvalue weighted by Crippen LogP contribution is -2.42. The number of aliphatic carboxylic acids is 1. The molecule has 88 valence electrons. The summed E-state index contributed by atoms with van der Waals surface area (Å²) in [6.07, 6.45) is 0. The standard InChI is InChI=1S/C13H18O3/c1-9(2)13(3,16)11(12(14)15)10-7-5-4-6-8-10/h4-9,11,16H,1-3H3,(H,14,15). The molecule has 0 aliphatic heterocycles. The number of aliphatic hydroxyl groups is 1. The van der Waals surface area contributed by atoms with Gasteiger partial charge < -0.3 is 10.2 Å². The van der Waals surface area contributed by atoms with E-state index in [1.807, 2.05) is 19.9 Å². The van der Waals surface area contributed by atoms with Crippen LogP contribution in [0.3, 0.4) is 0 Å². The molecule has 0 bridgehead atoms. The third-order valence-electron chi connectivity index (χ3n) is 3.13. The van der Waals surface area contributed by atoms with Crippen molar-refractivity contribution < 1.29 is 15.0 Å². The highest BCUT2D eigenvalue weighted by Crippen LogP contribution is 2.34. The lowest BCUT2D eigenvalue weighted by Gasteiger charge is -2.34. The van der Waals surface area contributed by atoms with Crippen LogP contribution < -0.4 is 0 Å². The first-order valence-corrected chi connectivity index (χ1v) is 5.37. The van der Waals surface area contributed by atoms with Gasteiger partial charge in [0.05, 0.1) is 5.60 Å². The van der Waals surface area contributed by atoms with Gasteiger partial charge in [0.25, 0.3) is 0 Å². The molecule has 1 aromatic rings. The zero-order valence-electron chi connectivity index (χ0n) is 9.84. The van der Waals surface area contributed by atoms with Gasteiger partial charge in [-0.05, 0) is 18.4 Å². The number of carboxylic acids is 1. The molecule has 2 unspecified atom stereocenters. The maximum Gasteiger partial charge on any atom is 0.313 e. The second-order valence-electron chi connectivity index (χ2n) is 4.56. The molecule has 3 nitrogen and oxygen atoms in total. The summed E-state index contributed by atoms with van der Waals surface area (Å²) in [5, 5.41) is 19.5. The van der Waals surface area contributed by atoms with E-state index in [1.165, 1.54) is 0 Å². The Hall–Kier alpha value is -1.35. The van der Waals surface area contributed by atoms with Crippen molar-refractivity contribution in [2.24, 2.45) is 5.92 Å². The molecule has 2 N–H and O–H groups in total. The maximum atomic E-state index is 11.3. The fraction of sp³-hybridized carbons (Fsp3) is 0.462. The van der Waals surface area contributed by atoms with Gasteiger partial charge in [0.15, 0.2) is 0 Å². The van der Waals surface area contributed by atoms with E-state index in [9.17, 15) is 15.0 Å². The molecule has 0 spiro atoms. The highest BCUT2D eigenvalue weighted by molar-refractivity contribution is 5.77. The van der Waals surface area contributed by atoms with Crippen LogP contribution in [0.1, 0.15) is 32.3 Å². The van der Waals surface area contributed by atoms with E-state index >= 15 is 0 Å². The van der Waals surface area contributed by atoms with Crippen LogP contribution in [0.25, 0.3) is 0 Å². The van der Waals surface area contributed by atoms with E-state index in [4.69, 9.17) is 0 Å². The van der Waals surface area contributed by atoms with E-state index in [-0.39, 0.29) is 5.92 Å². The van der Waals surface area contributed by atoms with Crippen molar-refractivity contribution in [1.82, 2.24) is 0 Å². The van der Waals surface area contributed by atoms with E-state index in [0.29, 0.717) is 5.56 Å². The van der Waals surface area contributed by atoms with Gasteiger partial charge in [-0.3, -0.25) is 4.79 Å². The number of hydrogen-bond donors (Lipinski definition) is 2. The minimum atomic E-state index is -1.26. The summed E-state index contributed by atoms with van der Waals surface area (Å²) in [7, 11) is 0. The zero-order chi connectivity index (χ0) is 12.3. The predicted octanol–water partition coefficient (Wildman–Crippen LogP) is 2.26. The molecule has 0 saturated carbocycles. The fourth-order valence-electron chi connectivity index (χ4n) is 1.71. The van der Waals surface area contributed by atoms with Crippen LogP contribution in [-0.4, -0.2) is 21.8 Å². The van der Waals surface area contributed by atoms with Crippen LogP contribution in [0.2, 0.25) is 0 Å². The summed E-state index contributed by atoms with van der Waals surface area (Å²) in [6, 6.07) is 8.85. The summed E-state index contributed by atoms with van der Waals surface area (Å²) >= 11 is 0. The van der Waals surface area contributed by atoms with Crippen molar-refractivity contribution in [3.63, 3.8) is 0 Å². The van der Waals surface area contributed by atoms with E-state index in [0.717, 1.165) is 0 Å². The molecule has 0 amide bonds. The lowest BCUT2D eigenvalue weighted by molar-refractivity contribution is -0.147. The van der Waals surface area contributed by atoms with Gasteiger partial charge >= 0.3 is 5.97 Å². The van der Waals surface area contributed by atoms with Gasteiger partial charge in [0.1, 0.15) is 5.92 Å². The third-order valence-corrected chi connectivity index (χ3v) is 3.13. The van der Waals surface area contributed by atoms with Crippen molar-refractivity contribution in [3.8, 4) is 0 Å². The average molecular weight is 222 g/mol. The topological polar surface area (TPSA) is 57.5 Å². The second-order valence-corrected chi connectivity index (χ2v) is 4.56. The molecule has 1 aromatic carbocycles. The number of benzene rings is 1. The van der Waals surface area contributed by atoms with Gasteiger partial charge in [0, 0.05) is 0 Å². The Kier molecular flexibility index (Phi) is 3.70. The lowest BCUT2D eigenvalue weighted by atomic mass is 9.76. The quantitative estimate of drug-likeness (QED) is 0.821. The molecule has 0 fully saturated rings. The largest absolute Gasteiger partial charge is 0.481 e. The minimum Gasteiger partial charge on any atom is -0.481 e. The summed E-state index contributed by atoms with van der Waals surface area (Å²) in [5.41, 5.74) is -0.624. The van der Waals surface area contributed by atoms with Gasteiger partial charge in [-0.2, -0.15) is 0 Å². The first-order valence-electron chi connectivity index (χ1n) is 5.37. The van der Waals surface area contributed by atoms with Crippen molar-refractivity contribution >= 4 is 5.97 Å². The Bertz CT molecular complexity index is 355. The van der Waals surface area contributed by atoms with Crippen molar-refractivity contribution in [2.45, 2.75) is 32.3 Å². The van der Waals surface area contributed by atoms with Crippen molar-refractivity contribution in [2.75, 3.05) is 0 Å². The molecule has 0 aliphatic carbocycles. The Morgan fingerprint density at radius 1 is 1.25 bits per heavy atom. The van der Waals surface area contributed by atoms with Gasteiger partial charge in [-0.1, -0.05) is 44.2 Å². The summed E-state index contributed by atoms with van der Waals surface area (Å²) in [4.78, 5) is 11.3. The summed E-state index contributed by atoms with van der Waals surface area (Å²) in [5.74, 6) is -2.02. The van der Waals surface area contributed by atoms with Crippen LogP contribution in [0.4, 0.5) is 0 Å². The molecular formula is C13H18O3. The number of rotatable bonds is 4. The van der Waals surface area contributed by atoms with E-state index in [1.54, 1.807) is 31.2 Å². The van der Waals surface area contributed by atoms with Crippen LogP contribution in [0.5, 0.6) is 0 Å². The number of carbonyl (C=O) groups is 1. The Morgan fingerprint density at radius 3 is 2.12 bits per heavy atom. The first-order chi connectivity index (χ1) is 7.37. The summed E-state index contributed by atoms with van der Waals surface area (Å²) in [6.45, 7) is 5.21. The molecule has 16 heavy (non-hydrogen) atoms. The molecule has 0 aliphatic rings. The van der Waals surface area contributed by atoms with E-state index < -0.39 is 17.5 Å². The monoisotopic (exact) mass is 222 g/mol. The molecule has 2 atom stereocenters. The molecule has 0 saturated heterocycles. The molecule has 1 rings (SSSR count). The van der Waals surface area contributed by atoms with Crippen LogP contribution in [-0.2, 0) is 4.79 Å². The van der Waals surface area contributed by atoms with Gasteiger partial charge in [-0.25, -0.2) is 0 Å². The number of hydrogen-bond acceptors (Lipinski definition) is 2. The third kappa shape index (κ3) is 2.42. The van der Waals surface area contributed by atoms with Crippen LogP contribution in [0.15, 0.2) is 30.3 Å². The Balaban J connectivity index is 3.16. The molecule has 0 heterocycles. The normalized spacial score (nSPS) is 16.8. The average Bonchev–Trinajstić information content (AvgIpc) is 2.18. The highest BCUT2D eigenvalue weighted by Gasteiger charge is 2.40. The van der Waals surface area contributed by atoms with Crippen molar-refractivity contribution in [3.05, 3.63) is 35.9 Å². The van der Waals surface area contributed by atoms with Crippen molar-refractivity contribution in [1.29, 1.82) is 0 Å². The maximum absolute atomic E-state index is 11.3. The number of carboxylic acid groups (broad SMARTS) is 1. The smallest absolute Gasteiger partial charge is 0.313 e. The molecule has 0 aromatic heterocycles. The van der Waals surface area contributed by atoms with Crippen LogP contribution >= 0.6 is 0 Å². The molecular weight excluding hydrogens is 204 g/mol. The highest BCUT2D eigenvalue weighted by atomic mass is 16.4.